The number of aryl methyl sites for hydroxylation is 2. The number of anilines is 1. The average Bonchev–Trinajstić information content (AvgIpc) is 2.40. The molecular formula is C16H14ClNO3. The van der Waals surface area contributed by atoms with Crippen molar-refractivity contribution < 1.29 is 14.7 Å². The Hall–Kier alpha value is -2.33. The van der Waals surface area contributed by atoms with Crippen molar-refractivity contribution in [3.63, 3.8) is 0 Å². The number of hydrogen-bond acceptors (Lipinski definition) is 2. The Morgan fingerprint density at radius 1 is 1.05 bits per heavy atom. The third-order valence-corrected chi connectivity index (χ3v) is 3.41. The molecule has 0 saturated carbocycles. The Labute approximate surface area is 127 Å². The molecule has 2 aromatic carbocycles. The van der Waals surface area contributed by atoms with Gasteiger partial charge in [-0.05, 0) is 43.7 Å². The smallest absolute Gasteiger partial charge is 0.337 e. The van der Waals surface area contributed by atoms with Crippen molar-refractivity contribution >= 4 is 29.2 Å². The van der Waals surface area contributed by atoms with Gasteiger partial charge in [-0.15, -0.1) is 0 Å². The molecule has 2 N–H and O–H groups in total. The van der Waals surface area contributed by atoms with E-state index in [0.717, 1.165) is 11.1 Å². The number of hydrogen-bond donors (Lipinski definition) is 2. The maximum absolute atomic E-state index is 12.2. The van der Waals surface area contributed by atoms with E-state index >= 15 is 0 Å². The van der Waals surface area contributed by atoms with Gasteiger partial charge in [-0.1, -0.05) is 29.3 Å². The van der Waals surface area contributed by atoms with Crippen LogP contribution in [0.5, 0.6) is 0 Å². The second kappa shape index (κ2) is 5.97. The average molecular weight is 304 g/mol. The van der Waals surface area contributed by atoms with Crippen molar-refractivity contribution in [2.45, 2.75) is 13.8 Å². The zero-order valence-corrected chi connectivity index (χ0v) is 12.4. The fourth-order valence-electron chi connectivity index (χ4n) is 2.03. The summed E-state index contributed by atoms with van der Waals surface area (Å²) in [5.41, 5.74) is 2.83. The van der Waals surface area contributed by atoms with E-state index in [1.165, 1.54) is 12.1 Å². The highest BCUT2D eigenvalue weighted by Crippen LogP contribution is 2.21. The van der Waals surface area contributed by atoms with Crippen LogP contribution in [0.1, 0.15) is 31.8 Å². The lowest BCUT2D eigenvalue weighted by atomic mass is 10.1. The molecule has 0 atom stereocenters. The molecule has 0 aliphatic carbocycles. The van der Waals surface area contributed by atoms with Crippen LogP contribution in [-0.4, -0.2) is 17.0 Å². The van der Waals surface area contributed by atoms with Crippen molar-refractivity contribution in [2.24, 2.45) is 0 Å². The SMILES string of the molecule is Cc1ccc(C(=O)Nc2ccc(Cl)c(C(=O)O)c2)c(C)c1. The van der Waals surface area contributed by atoms with Crippen LogP contribution in [0, 0.1) is 13.8 Å². The van der Waals surface area contributed by atoms with Crippen molar-refractivity contribution in [3.8, 4) is 0 Å². The van der Waals surface area contributed by atoms with E-state index in [4.69, 9.17) is 16.7 Å². The van der Waals surface area contributed by atoms with Crippen LogP contribution in [0.15, 0.2) is 36.4 Å². The standard InChI is InChI=1S/C16H14ClNO3/c1-9-3-5-12(10(2)7-9)15(19)18-11-4-6-14(17)13(8-11)16(20)21/h3-8H,1-2H3,(H,18,19)(H,20,21). The van der Waals surface area contributed by atoms with Crippen molar-refractivity contribution in [3.05, 3.63) is 63.7 Å². The van der Waals surface area contributed by atoms with Gasteiger partial charge in [0.1, 0.15) is 0 Å². The molecule has 21 heavy (non-hydrogen) atoms. The lowest BCUT2D eigenvalue weighted by molar-refractivity contribution is 0.0696. The lowest BCUT2D eigenvalue weighted by Crippen LogP contribution is -2.14. The summed E-state index contributed by atoms with van der Waals surface area (Å²) in [6.07, 6.45) is 0. The number of amides is 1. The fourth-order valence-corrected chi connectivity index (χ4v) is 2.23. The first-order valence-corrected chi connectivity index (χ1v) is 6.67. The van der Waals surface area contributed by atoms with Gasteiger partial charge in [0.25, 0.3) is 5.91 Å². The summed E-state index contributed by atoms with van der Waals surface area (Å²) >= 11 is 5.79. The molecule has 108 valence electrons. The van der Waals surface area contributed by atoms with Gasteiger partial charge < -0.3 is 10.4 Å². The number of carboxylic acid groups (broad SMARTS) is 1. The molecule has 1 amide bonds. The molecule has 0 unspecified atom stereocenters. The summed E-state index contributed by atoms with van der Waals surface area (Å²) in [5.74, 6) is -1.42. The van der Waals surface area contributed by atoms with Crippen LogP contribution in [0.3, 0.4) is 0 Å². The van der Waals surface area contributed by atoms with E-state index < -0.39 is 5.97 Å². The van der Waals surface area contributed by atoms with Gasteiger partial charge in [-0.3, -0.25) is 4.79 Å². The Kier molecular flexibility index (Phi) is 4.29. The van der Waals surface area contributed by atoms with Crippen LogP contribution in [0.25, 0.3) is 0 Å². The van der Waals surface area contributed by atoms with E-state index in [1.807, 2.05) is 26.0 Å². The van der Waals surface area contributed by atoms with Crippen molar-refractivity contribution in [1.29, 1.82) is 0 Å². The number of halogens is 1. The molecule has 0 fully saturated rings. The topological polar surface area (TPSA) is 66.4 Å². The molecular weight excluding hydrogens is 290 g/mol. The third-order valence-electron chi connectivity index (χ3n) is 3.08. The van der Waals surface area contributed by atoms with Crippen LogP contribution in [0.2, 0.25) is 5.02 Å². The zero-order valence-electron chi connectivity index (χ0n) is 11.6. The van der Waals surface area contributed by atoms with Crippen molar-refractivity contribution in [2.75, 3.05) is 5.32 Å². The first kappa shape index (κ1) is 15.1. The van der Waals surface area contributed by atoms with Crippen LogP contribution >= 0.6 is 11.6 Å². The van der Waals surface area contributed by atoms with E-state index in [2.05, 4.69) is 5.32 Å². The molecule has 0 spiro atoms. The fraction of sp³-hybridized carbons (Fsp3) is 0.125. The van der Waals surface area contributed by atoms with E-state index in [0.29, 0.717) is 11.3 Å². The monoisotopic (exact) mass is 303 g/mol. The second-order valence-corrected chi connectivity index (χ2v) is 5.18. The van der Waals surface area contributed by atoms with Gasteiger partial charge in [-0.25, -0.2) is 4.79 Å². The van der Waals surface area contributed by atoms with Crippen LogP contribution < -0.4 is 5.32 Å². The summed E-state index contributed by atoms with van der Waals surface area (Å²) in [7, 11) is 0. The van der Waals surface area contributed by atoms with Gasteiger partial charge in [0, 0.05) is 11.3 Å². The molecule has 0 aliphatic rings. The molecule has 2 rings (SSSR count). The maximum Gasteiger partial charge on any atom is 0.337 e. The van der Waals surface area contributed by atoms with Crippen LogP contribution in [0.4, 0.5) is 5.69 Å². The number of nitrogens with one attached hydrogen (secondary N) is 1. The molecule has 0 bridgehead atoms. The van der Waals surface area contributed by atoms with Gasteiger partial charge in [-0.2, -0.15) is 0 Å². The number of rotatable bonds is 3. The maximum atomic E-state index is 12.2. The van der Waals surface area contributed by atoms with E-state index in [1.54, 1.807) is 12.1 Å². The minimum atomic E-state index is -1.14. The second-order valence-electron chi connectivity index (χ2n) is 4.77. The Balaban J connectivity index is 2.27. The Bertz CT molecular complexity index is 725. The van der Waals surface area contributed by atoms with Gasteiger partial charge >= 0.3 is 5.97 Å². The van der Waals surface area contributed by atoms with Crippen molar-refractivity contribution in [1.82, 2.24) is 0 Å². The Morgan fingerprint density at radius 2 is 1.76 bits per heavy atom. The van der Waals surface area contributed by atoms with Gasteiger partial charge in [0.05, 0.1) is 10.6 Å². The third kappa shape index (κ3) is 3.41. The molecule has 4 nitrogen and oxygen atoms in total. The minimum Gasteiger partial charge on any atom is -0.478 e. The molecule has 0 saturated heterocycles. The molecule has 0 aromatic heterocycles. The highest BCUT2D eigenvalue weighted by molar-refractivity contribution is 6.33. The predicted molar refractivity (Wildman–Crippen MR) is 82.3 cm³/mol. The van der Waals surface area contributed by atoms with Gasteiger partial charge in [0.2, 0.25) is 0 Å². The zero-order chi connectivity index (χ0) is 15.6. The molecule has 0 heterocycles. The molecule has 2 aromatic rings. The summed E-state index contributed by atoms with van der Waals surface area (Å²) < 4.78 is 0. The molecule has 0 radical (unpaired) electrons. The summed E-state index contributed by atoms with van der Waals surface area (Å²) in [6, 6.07) is 9.87. The first-order chi connectivity index (χ1) is 9.88. The largest absolute Gasteiger partial charge is 0.478 e. The number of carboxylic acids is 1. The number of carbonyl (C=O) groups excluding carboxylic acids is 1. The lowest BCUT2D eigenvalue weighted by Gasteiger charge is -2.09. The highest BCUT2D eigenvalue weighted by Gasteiger charge is 2.13. The number of carbonyl (C=O) groups is 2. The Morgan fingerprint density at radius 3 is 2.38 bits per heavy atom. The molecule has 0 aliphatic heterocycles. The van der Waals surface area contributed by atoms with Gasteiger partial charge in [0.15, 0.2) is 0 Å². The van der Waals surface area contributed by atoms with E-state index in [9.17, 15) is 9.59 Å². The quantitative estimate of drug-likeness (QED) is 0.903. The highest BCUT2D eigenvalue weighted by atomic mass is 35.5. The predicted octanol–water partition coefficient (Wildman–Crippen LogP) is 3.91. The molecule has 5 heteroatoms. The van der Waals surface area contributed by atoms with E-state index in [-0.39, 0.29) is 16.5 Å². The number of aromatic carboxylic acids is 1. The van der Waals surface area contributed by atoms with Crippen LogP contribution in [-0.2, 0) is 0 Å². The summed E-state index contributed by atoms with van der Waals surface area (Å²) in [6.45, 7) is 3.81. The summed E-state index contributed by atoms with van der Waals surface area (Å²) in [5, 5.41) is 11.8. The number of benzene rings is 2. The minimum absolute atomic E-state index is 0.0462. The summed E-state index contributed by atoms with van der Waals surface area (Å²) in [4.78, 5) is 23.2. The normalized spacial score (nSPS) is 10.2. The first-order valence-electron chi connectivity index (χ1n) is 6.30.